The molecule has 6 heteroatoms. The van der Waals surface area contributed by atoms with Gasteiger partial charge in [0.05, 0.1) is 7.11 Å². The zero-order valence-corrected chi connectivity index (χ0v) is 13.4. The van der Waals surface area contributed by atoms with Crippen molar-refractivity contribution in [2.45, 2.75) is 26.7 Å². The van der Waals surface area contributed by atoms with Gasteiger partial charge in [-0.25, -0.2) is 9.97 Å². The third kappa shape index (κ3) is 4.20. The Morgan fingerprint density at radius 2 is 1.86 bits per heavy atom. The molecule has 1 aliphatic heterocycles. The van der Waals surface area contributed by atoms with Crippen LogP contribution < -0.4 is 15.4 Å². The van der Waals surface area contributed by atoms with Crippen LogP contribution in [0.3, 0.4) is 0 Å². The zero-order valence-electron chi connectivity index (χ0n) is 13.4. The van der Waals surface area contributed by atoms with E-state index in [0.29, 0.717) is 11.7 Å². The van der Waals surface area contributed by atoms with Crippen LogP contribution in [0.5, 0.6) is 5.75 Å². The molecule has 6 nitrogen and oxygen atoms in total. The number of anilines is 2. The maximum absolute atomic E-state index is 5.45. The molecule has 1 saturated heterocycles. The Bertz CT molecular complexity index is 432. The summed E-state index contributed by atoms with van der Waals surface area (Å²) in [5, 5.41) is 6.63. The predicted octanol–water partition coefficient (Wildman–Crippen LogP) is 2.06. The minimum atomic E-state index is 0.699. The lowest BCUT2D eigenvalue weighted by Crippen LogP contribution is -2.35. The summed E-state index contributed by atoms with van der Waals surface area (Å²) in [4.78, 5) is 11.0. The largest absolute Gasteiger partial charge is 0.490 e. The lowest BCUT2D eigenvalue weighted by molar-refractivity contribution is 0.198. The van der Waals surface area contributed by atoms with Crippen LogP contribution in [0.4, 0.5) is 11.6 Å². The Morgan fingerprint density at radius 1 is 1.19 bits per heavy atom. The van der Waals surface area contributed by atoms with Crippen molar-refractivity contribution in [3.63, 3.8) is 0 Å². The van der Waals surface area contributed by atoms with Crippen LogP contribution in [-0.4, -0.2) is 54.7 Å². The molecule has 0 aromatic carbocycles. The summed E-state index contributed by atoms with van der Waals surface area (Å²) in [5.41, 5.74) is 0. The van der Waals surface area contributed by atoms with Gasteiger partial charge in [-0.2, -0.15) is 0 Å². The van der Waals surface area contributed by atoms with Gasteiger partial charge in [0.1, 0.15) is 6.33 Å². The number of ether oxygens (including phenoxy) is 1. The maximum Gasteiger partial charge on any atom is 0.204 e. The molecule has 2 rings (SSSR count). The Morgan fingerprint density at radius 3 is 2.43 bits per heavy atom. The number of rotatable bonds is 7. The fourth-order valence-electron chi connectivity index (χ4n) is 2.73. The highest BCUT2D eigenvalue weighted by molar-refractivity contribution is 5.63. The van der Waals surface area contributed by atoms with Gasteiger partial charge in [-0.05, 0) is 45.3 Å². The molecular formula is C15H27N5O. The second-order valence-corrected chi connectivity index (χ2v) is 5.39. The van der Waals surface area contributed by atoms with Crippen molar-refractivity contribution in [3.05, 3.63) is 6.33 Å². The molecular weight excluding hydrogens is 266 g/mol. The number of aromatic nitrogens is 2. The molecule has 1 aromatic rings. The normalized spacial score (nSPS) is 16.7. The number of likely N-dealkylation sites (tertiary alicyclic amines) is 1. The average molecular weight is 293 g/mol. The summed E-state index contributed by atoms with van der Waals surface area (Å²) < 4.78 is 5.45. The van der Waals surface area contributed by atoms with Gasteiger partial charge in [-0.3, -0.25) is 0 Å². The minimum Gasteiger partial charge on any atom is -0.490 e. The number of hydrogen-bond donors (Lipinski definition) is 2. The molecule has 1 aromatic heterocycles. The first-order chi connectivity index (χ1) is 10.3. The van der Waals surface area contributed by atoms with Crippen molar-refractivity contribution in [3.8, 4) is 5.75 Å². The topological polar surface area (TPSA) is 62.3 Å². The van der Waals surface area contributed by atoms with E-state index in [0.717, 1.165) is 31.3 Å². The van der Waals surface area contributed by atoms with Crippen LogP contribution in [0.1, 0.15) is 26.7 Å². The van der Waals surface area contributed by atoms with Crippen LogP contribution in [0, 0.1) is 5.92 Å². The highest BCUT2D eigenvalue weighted by Gasteiger charge is 2.19. The first kappa shape index (κ1) is 15.8. The standard InChI is InChI=1S/C15H27N5O/c1-4-16-14-13(21-3)15(19-11-18-14)17-10-12-6-8-20(5-2)9-7-12/h11-12H,4-10H2,1-3H3,(H2,16,17,18,19). The summed E-state index contributed by atoms with van der Waals surface area (Å²) in [7, 11) is 1.66. The van der Waals surface area contributed by atoms with Gasteiger partial charge in [-0.1, -0.05) is 6.92 Å². The quantitative estimate of drug-likeness (QED) is 0.802. The molecule has 0 amide bonds. The highest BCUT2D eigenvalue weighted by atomic mass is 16.5. The van der Waals surface area contributed by atoms with E-state index < -0.39 is 0 Å². The zero-order chi connectivity index (χ0) is 15.1. The van der Waals surface area contributed by atoms with E-state index in [1.54, 1.807) is 13.4 Å². The molecule has 2 heterocycles. The highest BCUT2D eigenvalue weighted by Crippen LogP contribution is 2.29. The van der Waals surface area contributed by atoms with Gasteiger partial charge in [0.2, 0.25) is 5.75 Å². The molecule has 2 N–H and O–H groups in total. The summed E-state index contributed by atoms with van der Waals surface area (Å²) in [6, 6.07) is 0. The number of hydrogen-bond acceptors (Lipinski definition) is 6. The van der Waals surface area contributed by atoms with Crippen LogP contribution in [0.2, 0.25) is 0 Å². The third-order valence-corrected chi connectivity index (χ3v) is 4.06. The fourth-order valence-corrected chi connectivity index (χ4v) is 2.73. The molecule has 0 saturated carbocycles. The van der Waals surface area contributed by atoms with Crippen molar-refractivity contribution < 1.29 is 4.74 Å². The van der Waals surface area contributed by atoms with E-state index in [4.69, 9.17) is 4.74 Å². The van der Waals surface area contributed by atoms with Crippen molar-refractivity contribution >= 4 is 11.6 Å². The molecule has 0 spiro atoms. The minimum absolute atomic E-state index is 0.699. The second kappa shape index (κ2) is 8.02. The van der Waals surface area contributed by atoms with Gasteiger partial charge >= 0.3 is 0 Å². The summed E-state index contributed by atoms with van der Waals surface area (Å²) >= 11 is 0. The van der Waals surface area contributed by atoms with Crippen LogP contribution in [0.25, 0.3) is 0 Å². The fraction of sp³-hybridized carbons (Fsp3) is 0.733. The first-order valence-corrected chi connectivity index (χ1v) is 7.87. The predicted molar refractivity (Wildman–Crippen MR) is 86.1 cm³/mol. The lowest BCUT2D eigenvalue weighted by Gasteiger charge is -2.31. The Labute approximate surface area is 127 Å². The van der Waals surface area contributed by atoms with E-state index in [1.165, 1.54) is 25.9 Å². The maximum atomic E-state index is 5.45. The third-order valence-electron chi connectivity index (χ3n) is 4.06. The average Bonchev–Trinajstić information content (AvgIpc) is 2.54. The van der Waals surface area contributed by atoms with Crippen molar-refractivity contribution in [1.82, 2.24) is 14.9 Å². The molecule has 21 heavy (non-hydrogen) atoms. The van der Waals surface area contributed by atoms with E-state index in [-0.39, 0.29) is 0 Å². The Hall–Kier alpha value is -1.56. The number of piperidine rings is 1. The molecule has 0 unspecified atom stereocenters. The van der Waals surface area contributed by atoms with E-state index >= 15 is 0 Å². The number of nitrogens with zero attached hydrogens (tertiary/aromatic N) is 3. The van der Waals surface area contributed by atoms with Gasteiger partial charge in [0, 0.05) is 13.1 Å². The SMILES string of the molecule is CCNc1ncnc(NCC2CCN(CC)CC2)c1OC. The molecule has 1 aliphatic rings. The lowest BCUT2D eigenvalue weighted by atomic mass is 9.97. The van der Waals surface area contributed by atoms with Crippen molar-refractivity contribution in [2.75, 3.05) is 50.5 Å². The molecule has 0 bridgehead atoms. The van der Waals surface area contributed by atoms with Crippen LogP contribution in [0.15, 0.2) is 6.33 Å². The second-order valence-electron chi connectivity index (χ2n) is 5.39. The Balaban J connectivity index is 1.92. The van der Waals surface area contributed by atoms with E-state index in [2.05, 4.69) is 32.4 Å². The van der Waals surface area contributed by atoms with E-state index in [9.17, 15) is 0 Å². The van der Waals surface area contributed by atoms with Crippen molar-refractivity contribution in [1.29, 1.82) is 0 Å². The molecule has 0 aliphatic carbocycles. The van der Waals surface area contributed by atoms with Crippen molar-refractivity contribution in [2.24, 2.45) is 5.92 Å². The van der Waals surface area contributed by atoms with Crippen LogP contribution >= 0.6 is 0 Å². The van der Waals surface area contributed by atoms with Gasteiger partial charge in [-0.15, -0.1) is 0 Å². The monoisotopic (exact) mass is 293 g/mol. The smallest absolute Gasteiger partial charge is 0.204 e. The molecule has 0 radical (unpaired) electrons. The van der Waals surface area contributed by atoms with Gasteiger partial charge < -0.3 is 20.3 Å². The molecule has 1 fully saturated rings. The van der Waals surface area contributed by atoms with Crippen LogP contribution in [-0.2, 0) is 0 Å². The number of nitrogens with one attached hydrogen (secondary N) is 2. The molecule has 118 valence electrons. The Kier molecular flexibility index (Phi) is 6.04. The van der Waals surface area contributed by atoms with E-state index in [1.807, 2.05) is 6.92 Å². The number of methoxy groups -OCH3 is 1. The van der Waals surface area contributed by atoms with Gasteiger partial charge in [0.25, 0.3) is 0 Å². The summed E-state index contributed by atoms with van der Waals surface area (Å²) in [6.45, 7) is 9.58. The summed E-state index contributed by atoms with van der Waals surface area (Å²) in [6.07, 6.45) is 4.06. The van der Waals surface area contributed by atoms with Gasteiger partial charge in [0.15, 0.2) is 11.6 Å². The first-order valence-electron chi connectivity index (χ1n) is 7.87. The summed E-state index contributed by atoms with van der Waals surface area (Å²) in [5.74, 6) is 2.93. The molecule has 0 atom stereocenters.